The van der Waals surface area contributed by atoms with Crippen LogP contribution in [-0.2, 0) is 5.60 Å². The van der Waals surface area contributed by atoms with Crippen LogP contribution >= 0.6 is 11.6 Å². The molecule has 0 unspecified atom stereocenters. The quantitative estimate of drug-likeness (QED) is 0.375. The highest BCUT2D eigenvalue weighted by Crippen LogP contribution is 2.34. The molecule has 0 aliphatic rings. The van der Waals surface area contributed by atoms with Crippen molar-refractivity contribution in [1.82, 2.24) is 19.5 Å². The maximum Gasteiger partial charge on any atom is 0.220 e. The molecule has 0 bridgehead atoms. The van der Waals surface area contributed by atoms with Crippen LogP contribution in [0.15, 0.2) is 18.3 Å². The molecular weight excluding hydrogens is 453 g/mol. The third-order valence-electron chi connectivity index (χ3n) is 4.56. The van der Waals surface area contributed by atoms with Crippen LogP contribution in [0.25, 0.3) is 22.3 Å². The average molecular weight is 496 g/mol. The van der Waals surface area contributed by atoms with Gasteiger partial charge in [-0.3, -0.25) is 0 Å². The van der Waals surface area contributed by atoms with Crippen LogP contribution in [-0.4, -0.2) is 24.6 Å². The zero-order chi connectivity index (χ0) is 26.6. The van der Waals surface area contributed by atoms with Crippen molar-refractivity contribution in [3.63, 3.8) is 0 Å². The number of hydrogen-bond acceptors (Lipinski definition) is 5. The van der Waals surface area contributed by atoms with Crippen LogP contribution in [0.5, 0.6) is 0 Å². The molecule has 2 heterocycles. The van der Waals surface area contributed by atoms with E-state index in [0.717, 1.165) is 0 Å². The van der Waals surface area contributed by atoms with Gasteiger partial charge in [-0.05, 0) is 39.8 Å². The molecule has 34 heavy (non-hydrogen) atoms. The number of benzene rings is 1. The Bertz CT molecular complexity index is 1010. The summed E-state index contributed by atoms with van der Waals surface area (Å²) in [6.45, 7) is 19.5. The van der Waals surface area contributed by atoms with Crippen molar-refractivity contribution in [1.29, 1.82) is 0 Å². The second-order valence-corrected chi connectivity index (χ2v) is 8.47. The first-order chi connectivity index (χ1) is 16.0. The summed E-state index contributed by atoms with van der Waals surface area (Å²) in [6.07, 6.45) is 5.45. The molecule has 1 aromatic carbocycles. The first-order valence-corrected chi connectivity index (χ1v) is 12.6. The van der Waals surface area contributed by atoms with Crippen LogP contribution in [0.2, 0.25) is 5.02 Å². The summed E-state index contributed by atoms with van der Waals surface area (Å²) >= 11 is 6.15. The third-order valence-corrected chi connectivity index (χ3v) is 4.83. The van der Waals surface area contributed by atoms with Gasteiger partial charge in [-0.25, -0.2) is 19.3 Å². The summed E-state index contributed by atoms with van der Waals surface area (Å²) in [5.41, 5.74) is 5.96. The van der Waals surface area contributed by atoms with Crippen LogP contribution in [0, 0.1) is 5.82 Å². The molecule has 3 N–H and O–H groups in total. The molecule has 0 saturated carbocycles. The Labute approximate surface area is 209 Å². The van der Waals surface area contributed by atoms with Crippen LogP contribution in [0.4, 0.5) is 10.3 Å². The minimum Gasteiger partial charge on any atom is -0.383 e. The third kappa shape index (κ3) is 8.20. The Balaban J connectivity index is 0.00000106. The van der Waals surface area contributed by atoms with Gasteiger partial charge in [0.15, 0.2) is 5.82 Å². The summed E-state index contributed by atoms with van der Waals surface area (Å²) in [7, 11) is 0. The molecule has 0 saturated heterocycles. The minimum atomic E-state index is -1.22. The number of aromatic nitrogens is 4. The van der Waals surface area contributed by atoms with E-state index in [2.05, 4.69) is 28.8 Å². The topological polar surface area (TPSA) is 89.8 Å². The van der Waals surface area contributed by atoms with E-state index >= 15 is 0 Å². The summed E-state index contributed by atoms with van der Waals surface area (Å²) in [5.74, 6) is -0.0815. The van der Waals surface area contributed by atoms with Gasteiger partial charge < -0.3 is 15.4 Å². The van der Waals surface area contributed by atoms with Crippen molar-refractivity contribution in [3.8, 4) is 11.3 Å². The molecule has 0 spiro atoms. The first-order valence-electron chi connectivity index (χ1n) is 12.2. The Hall–Kier alpha value is -2.25. The number of fused-ring (bicyclic) bond motifs is 1. The van der Waals surface area contributed by atoms with Gasteiger partial charge >= 0.3 is 0 Å². The van der Waals surface area contributed by atoms with Crippen molar-refractivity contribution in [2.45, 2.75) is 100 Å². The van der Waals surface area contributed by atoms with Gasteiger partial charge in [-0.2, -0.15) is 0 Å². The van der Waals surface area contributed by atoms with E-state index < -0.39 is 11.4 Å². The fourth-order valence-electron chi connectivity index (χ4n) is 3.18. The lowest BCUT2D eigenvalue weighted by Crippen LogP contribution is -2.23. The van der Waals surface area contributed by atoms with E-state index in [-0.39, 0.29) is 22.5 Å². The van der Waals surface area contributed by atoms with Crippen molar-refractivity contribution in [2.24, 2.45) is 0 Å². The summed E-state index contributed by atoms with van der Waals surface area (Å²) < 4.78 is 16.5. The highest BCUT2D eigenvalue weighted by atomic mass is 35.5. The smallest absolute Gasteiger partial charge is 0.220 e. The molecule has 0 fully saturated rings. The monoisotopic (exact) mass is 495 g/mol. The Morgan fingerprint density at radius 1 is 1.09 bits per heavy atom. The Morgan fingerprint density at radius 2 is 1.65 bits per heavy atom. The SMILES string of the molecule is CC.CC.CC(C)n1c(C(C)(C)O)nc2c(F)cc(-c3nc(N)ncc3Cl)cc21.CCCCC. The number of nitrogens with zero attached hydrogens (tertiary/aromatic N) is 4. The maximum absolute atomic E-state index is 14.7. The lowest BCUT2D eigenvalue weighted by Gasteiger charge is -2.21. The molecule has 8 heteroatoms. The molecule has 3 aromatic rings. The van der Waals surface area contributed by atoms with Crippen molar-refractivity contribution >= 4 is 28.6 Å². The number of aliphatic hydroxyl groups is 1. The molecule has 192 valence electrons. The van der Waals surface area contributed by atoms with Crippen LogP contribution in [0.3, 0.4) is 0 Å². The predicted octanol–water partition coefficient (Wildman–Crippen LogP) is 7.93. The second-order valence-electron chi connectivity index (χ2n) is 8.06. The Kier molecular flexibility index (Phi) is 13.9. The minimum absolute atomic E-state index is 0.0352. The molecule has 0 atom stereocenters. The molecule has 2 aromatic heterocycles. The highest BCUT2D eigenvalue weighted by Gasteiger charge is 2.27. The zero-order valence-corrected chi connectivity index (χ0v) is 23.3. The van der Waals surface area contributed by atoms with Crippen molar-refractivity contribution < 1.29 is 9.50 Å². The lowest BCUT2D eigenvalue weighted by atomic mass is 10.1. The predicted molar refractivity (Wildman–Crippen MR) is 144 cm³/mol. The van der Waals surface area contributed by atoms with E-state index in [1.807, 2.05) is 41.5 Å². The highest BCUT2D eigenvalue weighted by molar-refractivity contribution is 6.33. The number of nitrogens with two attached hydrogens (primary N) is 1. The van der Waals surface area contributed by atoms with Gasteiger partial charge in [0.2, 0.25) is 5.95 Å². The van der Waals surface area contributed by atoms with Gasteiger partial charge in [-0.1, -0.05) is 72.4 Å². The normalized spacial score (nSPS) is 10.6. The molecule has 0 aliphatic carbocycles. The van der Waals surface area contributed by atoms with Gasteiger partial charge in [0.25, 0.3) is 0 Å². The Morgan fingerprint density at radius 3 is 2.09 bits per heavy atom. The average Bonchev–Trinajstić information content (AvgIpc) is 3.20. The standard InChI is InChI=1S/C17H19ClFN5O.C5H12.2C2H6/c1-8(2)24-12-6-9(13-10(18)7-21-16(20)23-13)5-11(19)14(12)22-15(24)17(3,4)25;1-3-5-4-2;2*1-2/h5-8,25H,1-4H3,(H2,20,21,23);3-5H2,1-2H3;2*1-2H3. The summed E-state index contributed by atoms with van der Waals surface area (Å²) in [4.78, 5) is 12.3. The largest absolute Gasteiger partial charge is 0.383 e. The molecule has 0 radical (unpaired) electrons. The zero-order valence-electron chi connectivity index (χ0n) is 22.5. The van der Waals surface area contributed by atoms with Crippen molar-refractivity contribution in [3.05, 3.63) is 35.0 Å². The number of halogens is 2. The number of hydrogen-bond donors (Lipinski definition) is 2. The molecular formula is C26H43ClFN5O. The number of rotatable bonds is 5. The number of unbranched alkanes of at least 4 members (excludes halogenated alkanes) is 2. The number of nitrogen functional groups attached to an aromatic ring is 1. The molecule has 0 aliphatic heterocycles. The van der Waals surface area contributed by atoms with Crippen molar-refractivity contribution in [2.75, 3.05) is 5.73 Å². The van der Waals surface area contributed by atoms with Crippen LogP contribution < -0.4 is 5.73 Å². The van der Waals surface area contributed by atoms with Crippen LogP contribution in [0.1, 0.15) is 100 Å². The van der Waals surface area contributed by atoms with E-state index in [0.29, 0.717) is 22.6 Å². The van der Waals surface area contributed by atoms with E-state index in [1.165, 1.54) is 31.5 Å². The summed E-state index contributed by atoms with van der Waals surface area (Å²) in [5, 5.41) is 10.7. The fraction of sp³-hybridized carbons (Fsp3) is 0.577. The fourth-order valence-corrected chi connectivity index (χ4v) is 3.38. The van der Waals surface area contributed by atoms with Gasteiger partial charge in [0.1, 0.15) is 16.9 Å². The molecule has 0 amide bonds. The maximum atomic E-state index is 14.7. The van der Waals surface area contributed by atoms with Gasteiger partial charge in [-0.15, -0.1) is 0 Å². The number of anilines is 1. The first kappa shape index (κ1) is 31.8. The van der Waals surface area contributed by atoms with E-state index in [1.54, 1.807) is 24.5 Å². The van der Waals surface area contributed by atoms with E-state index in [9.17, 15) is 9.50 Å². The lowest BCUT2D eigenvalue weighted by molar-refractivity contribution is 0.0641. The van der Waals surface area contributed by atoms with E-state index in [4.69, 9.17) is 17.3 Å². The van der Waals surface area contributed by atoms with Gasteiger partial charge in [0.05, 0.1) is 22.4 Å². The van der Waals surface area contributed by atoms with Gasteiger partial charge in [0, 0.05) is 11.6 Å². The molecule has 6 nitrogen and oxygen atoms in total. The molecule has 3 rings (SSSR count). The number of imidazole rings is 1. The second kappa shape index (κ2) is 14.9. The summed E-state index contributed by atoms with van der Waals surface area (Å²) in [6, 6.07) is 3.02.